The lowest BCUT2D eigenvalue weighted by Crippen LogP contribution is -2.13. The second kappa shape index (κ2) is 5.76. The molecule has 0 bridgehead atoms. The smallest absolute Gasteiger partial charge is 0.283 e. The fourth-order valence-electron chi connectivity index (χ4n) is 2.34. The average Bonchev–Trinajstić information content (AvgIpc) is 2.93. The summed E-state index contributed by atoms with van der Waals surface area (Å²) >= 11 is 0. The highest BCUT2D eigenvalue weighted by Gasteiger charge is 2.20. The van der Waals surface area contributed by atoms with E-state index in [-0.39, 0.29) is 16.5 Å². The summed E-state index contributed by atoms with van der Waals surface area (Å²) in [6.07, 6.45) is 1.34. The predicted molar refractivity (Wildman–Crippen MR) is 90.5 cm³/mol. The lowest BCUT2D eigenvalue weighted by molar-refractivity contribution is 0.580. The third-order valence-corrected chi connectivity index (χ3v) is 5.30. The SMILES string of the molecule is Cc1ccc(S(=O)(=O)n2cc(-c3ccc(F)c(C)c3)c(N)n2)cc1. The molecule has 0 atom stereocenters. The summed E-state index contributed by atoms with van der Waals surface area (Å²) in [6, 6.07) is 10.9. The summed E-state index contributed by atoms with van der Waals surface area (Å²) in [5.41, 5.74) is 8.32. The molecule has 5 nitrogen and oxygen atoms in total. The predicted octanol–water partition coefficient (Wildman–Crippen LogP) is 3.13. The highest BCUT2D eigenvalue weighted by atomic mass is 32.2. The minimum Gasteiger partial charge on any atom is -0.382 e. The number of nitrogens with two attached hydrogens (primary N) is 1. The highest BCUT2D eigenvalue weighted by molar-refractivity contribution is 7.89. The van der Waals surface area contributed by atoms with Gasteiger partial charge in [0.05, 0.1) is 11.1 Å². The second-order valence-electron chi connectivity index (χ2n) is 5.58. The molecule has 2 N–H and O–H groups in total. The summed E-state index contributed by atoms with van der Waals surface area (Å²) in [7, 11) is -3.83. The number of aryl methyl sites for hydroxylation is 2. The number of benzene rings is 2. The molecule has 24 heavy (non-hydrogen) atoms. The molecule has 0 aliphatic rings. The van der Waals surface area contributed by atoms with Gasteiger partial charge >= 0.3 is 0 Å². The van der Waals surface area contributed by atoms with E-state index in [1.54, 1.807) is 31.2 Å². The Bertz CT molecular complexity index is 1010. The Kier molecular flexibility index (Phi) is 3.88. The van der Waals surface area contributed by atoms with Crippen LogP contribution in [0.15, 0.2) is 53.6 Å². The van der Waals surface area contributed by atoms with E-state index in [4.69, 9.17) is 5.73 Å². The van der Waals surface area contributed by atoms with Crippen LogP contribution in [0.2, 0.25) is 0 Å². The topological polar surface area (TPSA) is 78.0 Å². The van der Waals surface area contributed by atoms with Crippen molar-refractivity contribution in [1.82, 2.24) is 9.19 Å². The molecule has 124 valence electrons. The van der Waals surface area contributed by atoms with Gasteiger partial charge in [0.2, 0.25) is 0 Å². The van der Waals surface area contributed by atoms with E-state index in [9.17, 15) is 12.8 Å². The Morgan fingerprint density at radius 1 is 1.08 bits per heavy atom. The van der Waals surface area contributed by atoms with Gasteiger partial charge in [-0.2, -0.15) is 12.5 Å². The summed E-state index contributed by atoms with van der Waals surface area (Å²) in [5.74, 6) is -0.270. The van der Waals surface area contributed by atoms with E-state index >= 15 is 0 Å². The number of hydrogen-bond donors (Lipinski definition) is 1. The fraction of sp³-hybridized carbons (Fsp3) is 0.118. The van der Waals surface area contributed by atoms with Crippen LogP contribution in [0.5, 0.6) is 0 Å². The molecule has 0 aliphatic carbocycles. The summed E-state index contributed by atoms with van der Waals surface area (Å²) in [6.45, 7) is 3.50. The molecule has 1 heterocycles. The van der Waals surface area contributed by atoms with Crippen molar-refractivity contribution in [2.24, 2.45) is 0 Å². The first-order valence-corrected chi connectivity index (χ1v) is 8.67. The van der Waals surface area contributed by atoms with Gasteiger partial charge in [-0.25, -0.2) is 4.39 Å². The van der Waals surface area contributed by atoms with Crippen molar-refractivity contribution >= 4 is 15.8 Å². The summed E-state index contributed by atoms with van der Waals surface area (Å²) in [4.78, 5) is 0.123. The number of hydrogen-bond acceptors (Lipinski definition) is 4. The first-order valence-electron chi connectivity index (χ1n) is 7.23. The molecule has 3 aromatic rings. The van der Waals surface area contributed by atoms with Crippen LogP contribution < -0.4 is 5.73 Å². The van der Waals surface area contributed by atoms with Crippen molar-refractivity contribution in [3.8, 4) is 11.1 Å². The van der Waals surface area contributed by atoms with E-state index in [1.165, 1.54) is 24.4 Å². The van der Waals surface area contributed by atoms with Crippen molar-refractivity contribution in [3.05, 3.63) is 65.6 Å². The number of nitrogens with zero attached hydrogens (tertiary/aromatic N) is 2. The summed E-state index contributed by atoms with van der Waals surface area (Å²) in [5, 5.41) is 3.92. The maximum atomic E-state index is 13.4. The van der Waals surface area contributed by atoms with Crippen molar-refractivity contribution in [2.45, 2.75) is 18.7 Å². The van der Waals surface area contributed by atoms with Crippen LogP contribution in [0.4, 0.5) is 10.2 Å². The van der Waals surface area contributed by atoms with E-state index in [2.05, 4.69) is 5.10 Å². The minimum absolute atomic E-state index is 0.0664. The van der Waals surface area contributed by atoms with E-state index in [1.807, 2.05) is 6.92 Å². The largest absolute Gasteiger partial charge is 0.382 e. The zero-order valence-electron chi connectivity index (χ0n) is 13.2. The summed E-state index contributed by atoms with van der Waals surface area (Å²) < 4.78 is 39.6. The Hall–Kier alpha value is -2.67. The molecule has 0 aliphatic heterocycles. The van der Waals surface area contributed by atoms with E-state index < -0.39 is 10.0 Å². The molecule has 0 fully saturated rings. The average molecular weight is 345 g/mol. The Morgan fingerprint density at radius 2 is 1.75 bits per heavy atom. The molecule has 1 aromatic heterocycles. The van der Waals surface area contributed by atoms with Crippen LogP contribution in [0.25, 0.3) is 11.1 Å². The standard InChI is InChI=1S/C17H16FN3O2S/c1-11-3-6-14(7-4-11)24(22,23)21-10-15(17(19)20-21)13-5-8-16(18)12(2)9-13/h3-10H,1-2H3,(H2,19,20). The molecule has 0 saturated carbocycles. The molecule has 0 unspecified atom stereocenters. The van der Waals surface area contributed by atoms with Gasteiger partial charge in [0.1, 0.15) is 5.82 Å². The van der Waals surface area contributed by atoms with Crippen molar-refractivity contribution in [2.75, 3.05) is 5.73 Å². The maximum Gasteiger partial charge on any atom is 0.283 e. The lowest BCUT2D eigenvalue weighted by atomic mass is 10.1. The van der Waals surface area contributed by atoms with Crippen molar-refractivity contribution in [3.63, 3.8) is 0 Å². The Balaban J connectivity index is 2.08. The first-order chi connectivity index (χ1) is 11.3. The molecule has 0 radical (unpaired) electrons. The van der Waals surface area contributed by atoms with Gasteiger partial charge < -0.3 is 5.73 Å². The number of halogens is 1. The van der Waals surface area contributed by atoms with Crippen LogP contribution in [0.1, 0.15) is 11.1 Å². The van der Waals surface area contributed by atoms with Gasteiger partial charge in [-0.3, -0.25) is 0 Å². The van der Waals surface area contributed by atoms with Crippen molar-refractivity contribution in [1.29, 1.82) is 0 Å². The molecular weight excluding hydrogens is 329 g/mol. The van der Waals surface area contributed by atoms with Crippen LogP contribution >= 0.6 is 0 Å². The van der Waals surface area contributed by atoms with E-state index in [0.29, 0.717) is 16.7 Å². The molecular formula is C17H16FN3O2S. The molecule has 0 saturated heterocycles. The molecule has 7 heteroatoms. The molecule has 0 spiro atoms. The van der Waals surface area contributed by atoms with Crippen LogP contribution in [-0.4, -0.2) is 17.6 Å². The number of anilines is 1. The zero-order valence-corrected chi connectivity index (χ0v) is 14.0. The van der Waals surface area contributed by atoms with Crippen LogP contribution in [0, 0.1) is 19.7 Å². The zero-order chi connectivity index (χ0) is 17.5. The Morgan fingerprint density at radius 3 is 2.38 bits per heavy atom. The van der Waals surface area contributed by atoms with Gasteiger partial charge in [0.15, 0.2) is 5.82 Å². The van der Waals surface area contributed by atoms with Gasteiger partial charge in [-0.1, -0.05) is 23.8 Å². The van der Waals surface area contributed by atoms with E-state index in [0.717, 1.165) is 9.65 Å². The normalized spacial score (nSPS) is 11.6. The third-order valence-electron chi connectivity index (χ3n) is 3.76. The fourth-order valence-corrected chi connectivity index (χ4v) is 3.48. The second-order valence-corrected chi connectivity index (χ2v) is 7.38. The molecule has 2 aromatic carbocycles. The van der Waals surface area contributed by atoms with Gasteiger partial charge in [-0.15, -0.1) is 5.10 Å². The highest BCUT2D eigenvalue weighted by Crippen LogP contribution is 2.28. The van der Waals surface area contributed by atoms with Crippen LogP contribution in [0.3, 0.4) is 0 Å². The Labute approximate surface area is 139 Å². The number of aromatic nitrogens is 2. The maximum absolute atomic E-state index is 13.4. The van der Waals surface area contributed by atoms with Crippen LogP contribution in [-0.2, 0) is 10.0 Å². The minimum atomic E-state index is -3.83. The molecule has 3 rings (SSSR count). The third kappa shape index (κ3) is 2.78. The van der Waals surface area contributed by atoms with Gasteiger partial charge in [0, 0.05) is 5.56 Å². The lowest BCUT2D eigenvalue weighted by Gasteiger charge is -2.04. The molecule has 0 amide bonds. The monoisotopic (exact) mass is 345 g/mol. The van der Waals surface area contributed by atoms with Gasteiger partial charge in [-0.05, 0) is 49.2 Å². The number of rotatable bonds is 3. The quantitative estimate of drug-likeness (QED) is 0.791. The number of nitrogen functional groups attached to an aromatic ring is 1. The first kappa shape index (κ1) is 16.2. The van der Waals surface area contributed by atoms with Gasteiger partial charge in [0.25, 0.3) is 10.0 Å². The van der Waals surface area contributed by atoms with Crippen molar-refractivity contribution < 1.29 is 12.8 Å².